The third-order valence-electron chi connectivity index (χ3n) is 4.56. The van der Waals surface area contributed by atoms with Crippen molar-refractivity contribution in [3.05, 3.63) is 53.1 Å². The molecule has 0 fully saturated rings. The summed E-state index contributed by atoms with van der Waals surface area (Å²) < 4.78 is 21.8. The molecule has 6 heteroatoms. The van der Waals surface area contributed by atoms with Gasteiger partial charge in [0.05, 0.1) is 23.6 Å². The Bertz CT molecular complexity index is 1030. The molecule has 0 saturated heterocycles. The van der Waals surface area contributed by atoms with Crippen LogP contribution in [-0.2, 0) is 9.53 Å². The van der Waals surface area contributed by atoms with Gasteiger partial charge in [0.1, 0.15) is 23.5 Å². The van der Waals surface area contributed by atoms with Gasteiger partial charge >= 0.3 is 11.6 Å². The molecule has 0 spiro atoms. The van der Waals surface area contributed by atoms with Gasteiger partial charge in [0, 0.05) is 18.6 Å². The fourth-order valence-electron chi connectivity index (χ4n) is 3.06. The summed E-state index contributed by atoms with van der Waals surface area (Å²) in [5, 5.41) is 1.55. The third-order valence-corrected chi connectivity index (χ3v) is 4.56. The Kier molecular flexibility index (Phi) is 7.50. The number of fused-ring (bicyclic) bond motifs is 2. The van der Waals surface area contributed by atoms with E-state index in [9.17, 15) is 9.59 Å². The molecule has 2 heterocycles. The second kappa shape index (κ2) is 10.5. The average molecular weight is 398 g/mol. The van der Waals surface area contributed by atoms with Crippen LogP contribution < -0.4 is 10.4 Å². The van der Waals surface area contributed by atoms with Crippen LogP contribution in [0.2, 0.25) is 0 Å². The van der Waals surface area contributed by atoms with Gasteiger partial charge in [0.2, 0.25) is 0 Å². The number of carbonyl (C=O) groups is 1. The summed E-state index contributed by atoms with van der Waals surface area (Å²) in [6, 6.07) is 6.59. The highest BCUT2D eigenvalue weighted by Crippen LogP contribution is 2.34. The van der Waals surface area contributed by atoms with Gasteiger partial charge in [-0.3, -0.25) is 4.79 Å². The van der Waals surface area contributed by atoms with Gasteiger partial charge in [-0.1, -0.05) is 31.9 Å². The molecule has 0 unspecified atom stereocenters. The molecule has 0 saturated carbocycles. The second-order valence-electron chi connectivity index (χ2n) is 6.81. The molecule has 6 nitrogen and oxygen atoms in total. The number of carbonyl (C=O) groups excluding carboxylic acids is 1. The minimum absolute atomic E-state index is 0.113. The van der Waals surface area contributed by atoms with Crippen molar-refractivity contribution in [1.82, 2.24) is 0 Å². The van der Waals surface area contributed by atoms with Crippen LogP contribution in [0.15, 0.2) is 56.3 Å². The lowest BCUT2D eigenvalue weighted by Gasteiger charge is -2.08. The maximum Gasteiger partial charge on any atom is 0.336 e. The van der Waals surface area contributed by atoms with Crippen molar-refractivity contribution in [2.45, 2.75) is 45.4 Å². The molecule has 154 valence electrons. The van der Waals surface area contributed by atoms with E-state index in [0.29, 0.717) is 36.6 Å². The predicted octanol–water partition coefficient (Wildman–Crippen LogP) is 5.38. The number of unbranched alkanes of at least 4 members (excludes halogenated alkanes) is 3. The van der Waals surface area contributed by atoms with E-state index in [0.717, 1.165) is 42.9 Å². The molecular formula is C23H26O6. The van der Waals surface area contributed by atoms with Gasteiger partial charge < -0.3 is 18.3 Å². The Labute approximate surface area is 169 Å². The lowest BCUT2D eigenvalue weighted by molar-refractivity contribution is -0.143. The van der Waals surface area contributed by atoms with Crippen LogP contribution in [0.25, 0.3) is 21.9 Å². The smallest absolute Gasteiger partial charge is 0.336 e. The van der Waals surface area contributed by atoms with E-state index in [1.165, 1.54) is 6.07 Å². The zero-order chi connectivity index (χ0) is 20.5. The van der Waals surface area contributed by atoms with Crippen molar-refractivity contribution in [3.8, 4) is 5.75 Å². The lowest BCUT2D eigenvalue weighted by Crippen LogP contribution is -2.05. The Hall–Kier alpha value is -3.02. The van der Waals surface area contributed by atoms with E-state index in [2.05, 4.69) is 6.92 Å². The Morgan fingerprint density at radius 3 is 2.79 bits per heavy atom. The summed E-state index contributed by atoms with van der Waals surface area (Å²) in [5.74, 6) is 0.512. The highest BCUT2D eigenvalue weighted by molar-refractivity contribution is 6.01. The van der Waals surface area contributed by atoms with Gasteiger partial charge in [-0.2, -0.15) is 0 Å². The largest absolute Gasteiger partial charge is 0.488 e. The van der Waals surface area contributed by atoms with Crippen molar-refractivity contribution >= 4 is 27.9 Å². The maximum absolute atomic E-state index is 11.5. The number of esters is 1. The van der Waals surface area contributed by atoms with Crippen molar-refractivity contribution in [2.24, 2.45) is 0 Å². The molecule has 29 heavy (non-hydrogen) atoms. The zero-order valence-corrected chi connectivity index (χ0v) is 16.6. The molecular weight excluding hydrogens is 372 g/mol. The van der Waals surface area contributed by atoms with Gasteiger partial charge in [-0.15, -0.1) is 0 Å². The molecule has 0 aliphatic carbocycles. The topological polar surface area (TPSA) is 78.9 Å². The van der Waals surface area contributed by atoms with Crippen molar-refractivity contribution in [2.75, 3.05) is 13.2 Å². The molecule has 1 aromatic carbocycles. The summed E-state index contributed by atoms with van der Waals surface area (Å²) in [4.78, 5) is 23.0. The predicted molar refractivity (Wildman–Crippen MR) is 111 cm³/mol. The summed E-state index contributed by atoms with van der Waals surface area (Å²) in [6.07, 6.45) is 10.6. The lowest BCUT2D eigenvalue weighted by atomic mass is 10.1. The summed E-state index contributed by atoms with van der Waals surface area (Å²) in [7, 11) is 0. The first-order valence-corrected chi connectivity index (χ1v) is 10.1. The van der Waals surface area contributed by atoms with Crippen LogP contribution in [0.5, 0.6) is 5.75 Å². The molecule has 0 atom stereocenters. The number of hydrogen-bond acceptors (Lipinski definition) is 6. The van der Waals surface area contributed by atoms with Crippen LogP contribution in [0.4, 0.5) is 0 Å². The molecule has 0 radical (unpaired) electrons. The number of ether oxygens (including phenoxy) is 2. The average Bonchev–Trinajstić information content (AvgIpc) is 3.17. The molecule has 0 aliphatic rings. The Balaban J connectivity index is 1.48. The minimum Gasteiger partial charge on any atom is -0.488 e. The second-order valence-corrected chi connectivity index (χ2v) is 6.81. The monoisotopic (exact) mass is 398 g/mol. The molecule has 3 rings (SSSR count). The number of allylic oxidation sites excluding steroid dienone is 1. The van der Waals surface area contributed by atoms with Crippen LogP contribution >= 0.6 is 0 Å². The highest BCUT2D eigenvalue weighted by atomic mass is 16.5. The Morgan fingerprint density at radius 1 is 1.07 bits per heavy atom. The van der Waals surface area contributed by atoms with Crippen LogP contribution in [0.3, 0.4) is 0 Å². The van der Waals surface area contributed by atoms with Gasteiger partial charge in [0.15, 0.2) is 0 Å². The Morgan fingerprint density at radius 2 is 1.93 bits per heavy atom. The van der Waals surface area contributed by atoms with Gasteiger partial charge in [-0.25, -0.2) is 4.79 Å². The van der Waals surface area contributed by atoms with Crippen LogP contribution in [0.1, 0.15) is 45.4 Å². The summed E-state index contributed by atoms with van der Waals surface area (Å²) in [6.45, 7) is 2.92. The van der Waals surface area contributed by atoms with E-state index in [1.54, 1.807) is 18.4 Å². The quantitative estimate of drug-likeness (QED) is 0.187. The zero-order valence-electron chi connectivity index (χ0n) is 16.6. The SMILES string of the molecule is CCCCCC(=O)OCCC/C=C/COc1c2ccoc2cc2oc(=O)ccc12. The van der Waals surface area contributed by atoms with Gasteiger partial charge in [0.25, 0.3) is 0 Å². The first kappa shape index (κ1) is 20.7. The molecule has 0 N–H and O–H groups in total. The van der Waals surface area contributed by atoms with Crippen molar-refractivity contribution in [3.63, 3.8) is 0 Å². The fourth-order valence-corrected chi connectivity index (χ4v) is 3.06. The fraction of sp³-hybridized carbons (Fsp3) is 0.391. The first-order valence-electron chi connectivity index (χ1n) is 10.1. The van der Waals surface area contributed by atoms with E-state index in [-0.39, 0.29) is 5.97 Å². The molecule has 3 aromatic rings. The van der Waals surface area contributed by atoms with E-state index >= 15 is 0 Å². The maximum atomic E-state index is 11.5. The molecule has 0 amide bonds. The minimum atomic E-state index is -0.416. The van der Waals surface area contributed by atoms with E-state index in [1.807, 2.05) is 18.2 Å². The highest BCUT2D eigenvalue weighted by Gasteiger charge is 2.12. The van der Waals surface area contributed by atoms with Gasteiger partial charge in [-0.05, 0) is 31.4 Å². The molecule has 2 aromatic heterocycles. The number of furan rings is 1. The van der Waals surface area contributed by atoms with Crippen LogP contribution in [0, 0.1) is 0 Å². The van der Waals surface area contributed by atoms with E-state index < -0.39 is 5.63 Å². The van der Waals surface area contributed by atoms with Crippen molar-refractivity contribution in [1.29, 1.82) is 0 Å². The van der Waals surface area contributed by atoms with Crippen molar-refractivity contribution < 1.29 is 23.1 Å². The van der Waals surface area contributed by atoms with E-state index in [4.69, 9.17) is 18.3 Å². The molecule has 0 aliphatic heterocycles. The number of hydrogen-bond donors (Lipinski definition) is 0. The first-order chi connectivity index (χ1) is 14.2. The normalized spacial score (nSPS) is 11.5. The number of benzene rings is 1. The summed E-state index contributed by atoms with van der Waals surface area (Å²) in [5.41, 5.74) is 0.617. The third kappa shape index (κ3) is 5.73. The molecule has 0 bridgehead atoms. The summed E-state index contributed by atoms with van der Waals surface area (Å²) >= 11 is 0. The number of rotatable bonds is 11. The van der Waals surface area contributed by atoms with Crippen LogP contribution in [-0.4, -0.2) is 19.2 Å². The standard InChI is InChI=1S/C23H26O6/c1-2-3-6-9-21(24)27-13-7-4-5-8-14-28-23-17-10-11-22(25)29-20(17)16-19-18(23)12-15-26-19/h5,8,10-12,15-16H,2-4,6-7,9,13-14H2,1H3/b8-5+.